The molecule has 1 saturated heterocycles. The van der Waals surface area contributed by atoms with Crippen molar-refractivity contribution >= 4 is 22.0 Å². The molecule has 0 aliphatic carbocycles. The molecule has 1 atom stereocenters. The largest absolute Gasteiger partial charge is 0.469 e. The highest BCUT2D eigenvalue weighted by atomic mass is 32.2. The van der Waals surface area contributed by atoms with E-state index >= 15 is 0 Å². The molecule has 0 aromatic heterocycles. The van der Waals surface area contributed by atoms with Crippen molar-refractivity contribution in [2.45, 2.75) is 26.2 Å². The minimum Gasteiger partial charge on any atom is -0.469 e. The summed E-state index contributed by atoms with van der Waals surface area (Å²) in [5.41, 5.74) is 0. The lowest BCUT2D eigenvalue weighted by atomic mass is 10.0. The Morgan fingerprint density at radius 2 is 2.05 bits per heavy atom. The van der Waals surface area contributed by atoms with Gasteiger partial charge in [0.2, 0.25) is 10.0 Å². The number of carbonyl (C=O) groups is 2. The number of piperidine rings is 1. The lowest BCUT2D eigenvalue weighted by Gasteiger charge is -2.30. The fourth-order valence-corrected chi connectivity index (χ4v) is 3.63. The summed E-state index contributed by atoms with van der Waals surface area (Å²) >= 11 is 0. The summed E-state index contributed by atoms with van der Waals surface area (Å²) in [6, 6.07) is 0. The van der Waals surface area contributed by atoms with Crippen molar-refractivity contribution in [1.29, 1.82) is 0 Å². The molecule has 1 fully saturated rings. The normalized spacial score (nSPS) is 20.4. The van der Waals surface area contributed by atoms with E-state index in [2.05, 4.69) is 4.74 Å². The third-order valence-corrected chi connectivity index (χ3v) is 5.02. The molecule has 0 spiro atoms. The van der Waals surface area contributed by atoms with Gasteiger partial charge in [-0.25, -0.2) is 12.7 Å². The summed E-state index contributed by atoms with van der Waals surface area (Å²) in [7, 11) is -2.26. The lowest BCUT2D eigenvalue weighted by molar-refractivity contribution is -0.146. The van der Waals surface area contributed by atoms with Crippen molar-refractivity contribution < 1.29 is 27.5 Å². The van der Waals surface area contributed by atoms with Crippen LogP contribution in [0.25, 0.3) is 0 Å². The highest BCUT2D eigenvalue weighted by Gasteiger charge is 2.32. The van der Waals surface area contributed by atoms with E-state index in [1.165, 1.54) is 11.4 Å². The summed E-state index contributed by atoms with van der Waals surface area (Å²) in [5, 5.41) is 0. The number of esters is 2. The average molecular weight is 307 g/mol. The third-order valence-electron chi connectivity index (χ3n) is 3.18. The molecule has 0 radical (unpaired) electrons. The van der Waals surface area contributed by atoms with Crippen LogP contribution in [0.15, 0.2) is 0 Å². The molecule has 0 aromatic rings. The van der Waals surface area contributed by atoms with Crippen molar-refractivity contribution in [3.8, 4) is 0 Å². The van der Waals surface area contributed by atoms with Gasteiger partial charge in [-0.2, -0.15) is 0 Å². The van der Waals surface area contributed by atoms with Crippen LogP contribution in [-0.4, -0.2) is 57.2 Å². The predicted molar refractivity (Wildman–Crippen MR) is 71.3 cm³/mol. The Labute approximate surface area is 119 Å². The van der Waals surface area contributed by atoms with Crippen molar-refractivity contribution in [2.24, 2.45) is 5.92 Å². The van der Waals surface area contributed by atoms with E-state index in [1.807, 2.05) is 0 Å². The number of nitrogens with zero attached hydrogens (tertiary/aromatic N) is 1. The van der Waals surface area contributed by atoms with Gasteiger partial charge in [0, 0.05) is 13.1 Å². The molecule has 0 saturated carbocycles. The first-order valence-corrected chi connectivity index (χ1v) is 8.23. The second-order valence-electron chi connectivity index (χ2n) is 4.59. The molecule has 7 nitrogen and oxygen atoms in total. The Bertz CT molecular complexity index is 447. The first-order chi connectivity index (χ1) is 9.40. The zero-order valence-electron chi connectivity index (χ0n) is 11.8. The molecule has 8 heteroatoms. The number of sulfonamides is 1. The number of methoxy groups -OCH3 is 1. The summed E-state index contributed by atoms with van der Waals surface area (Å²) in [6.45, 7) is 2.39. The van der Waals surface area contributed by atoms with Crippen molar-refractivity contribution in [3.63, 3.8) is 0 Å². The third kappa shape index (κ3) is 4.75. The molecule has 0 amide bonds. The van der Waals surface area contributed by atoms with Crippen LogP contribution in [0.5, 0.6) is 0 Å². The smallest absolute Gasteiger partial charge is 0.309 e. The Morgan fingerprint density at radius 3 is 2.65 bits per heavy atom. The van der Waals surface area contributed by atoms with Gasteiger partial charge in [-0.15, -0.1) is 0 Å². The number of rotatable bonds is 6. The summed E-state index contributed by atoms with van der Waals surface area (Å²) in [6.07, 6.45) is 1.06. The molecule has 1 rings (SSSR count). The zero-order valence-corrected chi connectivity index (χ0v) is 12.6. The van der Waals surface area contributed by atoms with Crippen LogP contribution in [0.3, 0.4) is 0 Å². The molecule has 0 unspecified atom stereocenters. The van der Waals surface area contributed by atoms with Crippen LogP contribution in [0, 0.1) is 5.92 Å². The maximum absolute atomic E-state index is 12.1. The van der Waals surface area contributed by atoms with Crippen LogP contribution in [0.4, 0.5) is 0 Å². The van der Waals surface area contributed by atoms with Gasteiger partial charge in [0.25, 0.3) is 0 Å². The van der Waals surface area contributed by atoms with E-state index in [4.69, 9.17) is 4.74 Å². The topological polar surface area (TPSA) is 90.0 Å². The monoisotopic (exact) mass is 307 g/mol. The van der Waals surface area contributed by atoms with Gasteiger partial charge in [-0.1, -0.05) is 0 Å². The van der Waals surface area contributed by atoms with Crippen molar-refractivity contribution in [3.05, 3.63) is 0 Å². The molecule has 0 N–H and O–H groups in total. The van der Waals surface area contributed by atoms with Gasteiger partial charge in [0.15, 0.2) is 0 Å². The molecule has 0 bridgehead atoms. The molecule has 0 aromatic carbocycles. The van der Waals surface area contributed by atoms with Crippen LogP contribution in [0.2, 0.25) is 0 Å². The second-order valence-corrected chi connectivity index (χ2v) is 6.68. The van der Waals surface area contributed by atoms with E-state index in [1.54, 1.807) is 6.92 Å². The fourth-order valence-electron chi connectivity index (χ4n) is 2.13. The fraction of sp³-hybridized carbons (Fsp3) is 0.833. The minimum atomic E-state index is -3.55. The Kier molecular flexibility index (Phi) is 6.41. The summed E-state index contributed by atoms with van der Waals surface area (Å²) < 4.78 is 34.8. The van der Waals surface area contributed by atoms with Crippen molar-refractivity contribution in [2.75, 3.05) is 32.6 Å². The van der Waals surface area contributed by atoms with E-state index in [0.29, 0.717) is 19.4 Å². The molecule has 116 valence electrons. The number of ether oxygens (including phenoxy) is 2. The molecular weight excluding hydrogens is 286 g/mol. The van der Waals surface area contributed by atoms with Gasteiger partial charge < -0.3 is 9.47 Å². The maximum Gasteiger partial charge on any atom is 0.309 e. The Hall–Kier alpha value is -1.15. The first-order valence-electron chi connectivity index (χ1n) is 6.62. The molecule has 1 aliphatic rings. The highest BCUT2D eigenvalue weighted by molar-refractivity contribution is 7.89. The van der Waals surface area contributed by atoms with E-state index in [0.717, 1.165) is 0 Å². The van der Waals surface area contributed by atoms with Crippen molar-refractivity contribution in [1.82, 2.24) is 4.31 Å². The highest BCUT2D eigenvalue weighted by Crippen LogP contribution is 2.20. The quantitative estimate of drug-likeness (QED) is 0.649. The molecule has 1 aliphatic heterocycles. The van der Waals surface area contributed by atoms with E-state index < -0.39 is 27.9 Å². The number of hydrogen-bond donors (Lipinski definition) is 0. The molecule has 1 heterocycles. The van der Waals surface area contributed by atoms with Crippen LogP contribution < -0.4 is 0 Å². The SMILES string of the molecule is CCOC(=O)CCS(=O)(=O)N1CCC[C@H](C(=O)OC)C1. The van der Waals surface area contributed by atoms with Crippen LogP contribution >= 0.6 is 0 Å². The minimum absolute atomic E-state index is 0.123. The Balaban J connectivity index is 2.58. The predicted octanol–water partition coefficient (Wildman–Crippen LogP) is 0.154. The number of carbonyl (C=O) groups excluding carboxylic acids is 2. The first kappa shape index (κ1) is 16.9. The van der Waals surface area contributed by atoms with Gasteiger partial charge >= 0.3 is 11.9 Å². The standard InChI is InChI=1S/C12H21NO6S/c1-3-19-11(14)6-8-20(16,17)13-7-4-5-10(9-13)12(15)18-2/h10H,3-9H2,1-2H3/t10-/m0/s1. The van der Waals surface area contributed by atoms with E-state index in [9.17, 15) is 18.0 Å². The molecular formula is C12H21NO6S. The van der Waals surface area contributed by atoms with Gasteiger partial charge in [-0.3, -0.25) is 9.59 Å². The van der Waals surface area contributed by atoms with Crippen LogP contribution in [-0.2, 0) is 29.1 Å². The van der Waals surface area contributed by atoms with Gasteiger partial charge in [0.05, 0.1) is 31.8 Å². The summed E-state index contributed by atoms with van der Waals surface area (Å²) in [4.78, 5) is 22.7. The Morgan fingerprint density at radius 1 is 1.35 bits per heavy atom. The summed E-state index contributed by atoms with van der Waals surface area (Å²) in [5.74, 6) is -1.64. The van der Waals surface area contributed by atoms with E-state index in [-0.39, 0.29) is 25.3 Å². The van der Waals surface area contributed by atoms with Gasteiger partial charge in [-0.05, 0) is 19.8 Å². The molecule has 20 heavy (non-hydrogen) atoms. The van der Waals surface area contributed by atoms with Crippen LogP contribution in [0.1, 0.15) is 26.2 Å². The second kappa shape index (κ2) is 7.58. The zero-order chi connectivity index (χ0) is 15.2. The average Bonchev–Trinajstić information content (AvgIpc) is 2.45. The van der Waals surface area contributed by atoms with Gasteiger partial charge in [0.1, 0.15) is 0 Å². The lowest BCUT2D eigenvalue weighted by Crippen LogP contribution is -2.43. The maximum atomic E-state index is 12.1. The number of hydrogen-bond acceptors (Lipinski definition) is 6.